The van der Waals surface area contributed by atoms with Crippen LogP contribution in [0.2, 0.25) is 0 Å². The summed E-state index contributed by atoms with van der Waals surface area (Å²) < 4.78 is 22.8. The maximum absolute atomic E-state index is 11.4. The number of hydrogen-bond acceptors (Lipinski definition) is 3. The molecule has 3 nitrogen and oxygen atoms in total. The van der Waals surface area contributed by atoms with Gasteiger partial charge in [0.1, 0.15) is 0 Å². The Labute approximate surface area is 99.0 Å². The van der Waals surface area contributed by atoms with Crippen molar-refractivity contribution in [2.45, 2.75) is 10.8 Å². The van der Waals surface area contributed by atoms with Crippen molar-refractivity contribution in [1.82, 2.24) is 4.98 Å². The summed E-state index contributed by atoms with van der Waals surface area (Å²) in [6.07, 6.45) is 2.88. The highest BCUT2D eigenvalue weighted by Crippen LogP contribution is 2.19. The summed E-state index contributed by atoms with van der Waals surface area (Å²) in [5, 5.41) is 0.793. The van der Waals surface area contributed by atoms with Crippen molar-refractivity contribution >= 4 is 32.3 Å². The summed E-state index contributed by atoms with van der Waals surface area (Å²) in [7, 11) is -3.17. The first-order valence-electron chi connectivity index (χ1n) is 4.65. The molecule has 0 atom stereocenters. The van der Waals surface area contributed by atoms with E-state index in [2.05, 4.69) is 4.98 Å². The van der Waals surface area contributed by atoms with Crippen LogP contribution in [-0.4, -0.2) is 19.7 Å². The summed E-state index contributed by atoms with van der Waals surface area (Å²) in [6, 6.07) is 6.73. The molecule has 5 heteroatoms. The lowest BCUT2D eigenvalue weighted by atomic mass is 10.2. The molecule has 0 aliphatic carbocycles. The lowest BCUT2D eigenvalue weighted by molar-refractivity contribution is 0.602. The van der Waals surface area contributed by atoms with Gasteiger partial charge in [-0.05, 0) is 29.8 Å². The number of pyridine rings is 1. The predicted molar refractivity (Wildman–Crippen MR) is 64.4 cm³/mol. The molecule has 0 saturated heterocycles. The SMILES string of the molecule is CS(=O)(=O)c1ccc2ncc(CCl)cc2c1. The Balaban J connectivity index is 2.69. The van der Waals surface area contributed by atoms with E-state index >= 15 is 0 Å². The third-order valence-corrected chi connectivity index (χ3v) is 3.71. The number of halogens is 1. The van der Waals surface area contributed by atoms with Gasteiger partial charge in [-0.15, -0.1) is 11.6 Å². The van der Waals surface area contributed by atoms with Gasteiger partial charge in [0.2, 0.25) is 0 Å². The third kappa shape index (κ3) is 2.18. The highest BCUT2D eigenvalue weighted by Gasteiger charge is 2.08. The molecule has 0 N–H and O–H groups in total. The molecule has 0 radical (unpaired) electrons. The Kier molecular flexibility index (Phi) is 2.86. The van der Waals surface area contributed by atoms with Crippen LogP contribution in [0, 0.1) is 0 Å². The van der Waals surface area contributed by atoms with Gasteiger partial charge in [0.15, 0.2) is 9.84 Å². The molecule has 0 fully saturated rings. The fraction of sp³-hybridized carbons (Fsp3) is 0.182. The molecule has 84 valence electrons. The monoisotopic (exact) mass is 255 g/mol. The Morgan fingerprint density at radius 3 is 2.69 bits per heavy atom. The van der Waals surface area contributed by atoms with Gasteiger partial charge in [-0.2, -0.15) is 0 Å². The first kappa shape index (κ1) is 11.4. The van der Waals surface area contributed by atoms with Gasteiger partial charge in [-0.1, -0.05) is 0 Å². The van der Waals surface area contributed by atoms with Crippen molar-refractivity contribution in [3.63, 3.8) is 0 Å². The molecule has 0 aliphatic heterocycles. The smallest absolute Gasteiger partial charge is 0.175 e. The number of hydrogen-bond donors (Lipinski definition) is 0. The summed E-state index contributed by atoms with van der Waals surface area (Å²) in [6.45, 7) is 0. The summed E-state index contributed by atoms with van der Waals surface area (Å²) in [5.41, 5.74) is 1.64. The number of fused-ring (bicyclic) bond motifs is 1. The van der Waals surface area contributed by atoms with Gasteiger partial charge in [0.25, 0.3) is 0 Å². The van der Waals surface area contributed by atoms with E-state index in [1.54, 1.807) is 24.4 Å². The number of alkyl halides is 1. The summed E-state index contributed by atoms with van der Waals surface area (Å²) in [4.78, 5) is 4.50. The Morgan fingerprint density at radius 2 is 2.06 bits per heavy atom. The van der Waals surface area contributed by atoms with Crippen LogP contribution in [0.4, 0.5) is 0 Å². The van der Waals surface area contributed by atoms with Crippen LogP contribution in [0.3, 0.4) is 0 Å². The minimum Gasteiger partial charge on any atom is -0.256 e. The molecule has 0 saturated carbocycles. The quantitative estimate of drug-likeness (QED) is 0.774. The van der Waals surface area contributed by atoms with E-state index in [4.69, 9.17) is 11.6 Å². The van der Waals surface area contributed by atoms with Crippen LogP contribution in [0.15, 0.2) is 35.4 Å². The fourth-order valence-corrected chi connectivity index (χ4v) is 2.26. The molecule has 0 unspecified atom stereocenters. The maximum atomic E-state index is 11.4. The largest absolute Gasteiger partial charge is 0.256 e. The second-order valence-electron chi connectivity index (χ2n) is 3.60. The van der Waals surface area contributed by atoms with Crippen molar-refractivity contribution in [2.24, 2.45) is 0 Å². The maximum Gasteiger partial charge on any atom is 0.175 e. The third-order valence-electron chi connectivity index (χ3n) is 2.29. The number of rotatable bonds is 2. The molecule has 0 spiro atoms. The van der Waals surface area contributed by atoms with Crippen molar-refractivity contribution < 1.29 is 8.42 Å². The number of aromatic nitrogens is 1. The molecule has 0 bridgehead atoms. The zero-order valence-electron chi connectivity index (χ0n) is 8.64. The van der Waals surface area contributed by atoms with Crippen molar-refractivity contribution in [3.05, 3.63) is 36.0 Å². The Morgan fingerprint density at radius 1 is 1.31 bits per heavy atom. The topological polar surface area (TPSA) is 47.0 Å². The normalized spacial score (nSPS) is 11.9. The standard InChI is InChI=1S/C11H10ClNO2S/c1-16(14,15)10-2-3-11-9(5-10)4-8(6-12)7-13-11/h2-5,7H,6H2,1H3. The van der Waals surface area contributed by atoms with Crippen molar-refractivity contribution in [1.29, 1.82) is 0 Å². The van der Waals surface area contributed by atoms with E-state index in [0.29, 0.717) is 10.8 Å². The van der Waals surface area contributed by atoms with Crippen molar-refractivity contribution in [2.75, 3.05) is 6.26 Å². The highest BCUT2D eigenvalue weighted by molar-refractivity contribution is 7.90. The zero-order valence-corrected chi connectivity index (χ0v) is 10.2. The van der Waals surface area contributed by atoms with Crippen LogP contribution in [0.25, 0.3) is 10.9 Å². The van der Waals surface area contributed by atoms with Gasteiger partial charge >= 0.3 is 0 Å². The molecule has 2 rings (SSSR count). The molecule has 1 heterocycles. The van der Waals surface area contributed by atoms with E-state index in [1.165, 1.54) is 6.26 Å². The molecular weight excluding hydrogens is 246 g/mol. The second-order valence-corrected chi connectivity index (χ2v) is 5.89. The average Bonchev–Trinajstić information content (AvgIpc) is 2.26. The predicted octanol–water partition coefficient (Wildman–Crippen LogP) is 2.38. The average molecular weight is 256 g/mol. The number of benzene rings is 1. The second kappa shape index (κ2) is 4.03. The minimum absolute atomic E-state index is 0.300. The van der Waals surface area contributed by atoms with E-state index in [0.717, 1.165) is 16.5 Å². The Bertz CT molecular complexity index is 637. The van der Waals surface area contributed by atoms with Crippen LogP contribution in [-0.2, 0) is 15.7 Å². The molecule has 0 aliphatic rings. The van der Waals surface area contributed by atoms with Gasteiger partial charge in [0.05, 0.1) is 10.4 Å². The van der Waals surface area contributed by atoms with Crippen molar-refractivity contribution in [3.8, 4) is 0 Å². The molecule has 16 heavy (non-hydrogen) atoms. The Hall–Kier alpha value is -1.13. The summed E-state index contributed by atoms with van der Waals surface area (Å²) >= 11 is 5.70. The van der Waals surface area contributed by atoms with Gasteiger partial charge in [-0.3, -0.25) is 4.98 Å². The first-order valence-corrected chi connectivity index (χ1v) is 7.08. The first-order chi connectivity index (χ1) is 7.50. The lowest BCUT2D eigenvalue weighted by Crippen LogP contribution is -1.97. The summed E-state index contributed by atoms with van der Waals surface area (Å²) in [5.74, 6) is 0.367. The van der Waals surface area contributed by atoms with Crippen LogP contribution < -0.4 is 0 Å². The van der Waals surface area contributed by atoms with E-state index in [9.17, 15) is 8.42 Å². The van der Waals surface area contributed by atoms with Gasteiger partial charge in [0, 0.05) is 23.7 Å². The number of nitrogens with zero attached hydrogens (tertiary/aromatic N) is 1. The van der Waals surface area contributed by atoms with Crippen LogP contribution >= 0.6 is 11.6 Å². The van der Waals surface area contributed by atoms with E-state index < -0.39 is 9.84 Å². The van der Waals surface area contributed by atoms with Crippen LogP contribution in [0.1, 0.15) is 5.56 Å². The van der Waals surface area contributed by atoms with E-state index in [1.807, 2.05) is 6.07 Å². The van der Waals surface area contributed by atoms with Crippen LogP contribution in [0.5, 0.6) is 0 Å². The number of sulfone groups is 1. The van der Waals surface area contributed by atoms with E-state index in [-0.39, 0.29) is 0 Å². The van der Waals surface area contributed by atoms with Gasteiger partial charge in [-0.25, -0.2) is 8.42 Å². The molecule has 1 aromatic heterocycles. The molecular formula is C11H10ClNO2S. The molecule has 0 amide bonds. The van der Waals surface area contributed by atoms with Gasteiger partial charge < -0.3 is 0 Å². The fourth-order valence-electron chi connectivity index (χ4n) is 1.46. The lowest BCUT2D eigenvalue weighted by Gasteiger charge is -2.02. The highest BCUT2D eigenvalue weighted by atomic mass is 35.5. The zero-order chi connectivity index (χ0) is 11.8. The minimum atomic E-state index is -3.17. The molecule has 2 aromatic rings. The molecule has 1 aromatic carbocycles.